The van der Waals surface area contributed by atoms with E-state index < -0.39 is 0 Å². The van der Waals surface area contributed by atoms with E-state index in [0.717, 1.165) is 24.9 Å². The molecule has 5 heteroatoms. The van der Waals surface area contributed by atoms with Gasteiger partial charge in [0.05, 0.1) is 16.0 Å². The van der Waals surface area contributed by atoms with Gasteiger partial charge in [-0.25, -0.2) is 0 Å². The van der Waals surface area contributed by atoms with Crippen molar-refractivity contribution in [2.45, 2.75) is 62.9 Å². The van der Waals surface area contributed by atoms with E-state index in [4.69, 9.17) is 23.2 Å². The van der Waals surface area contributed by atoms with Gasteiger partial charge in [-0.2, -0.15) is 0 Å². The van der Waals surface area contributed by atoms with Crippen LogP contribution in [0, 0.1) is 0 Å². The fraction of sp³-hybridized carbons (Fsp3) is 0.650. The number of halogens is 2. The van der Waals surface area contributed by atoms with Gasteiger partial charge in [-0.15, -0.1) is 0 Å². The van der Waals surface area contributed by atoms with E-state index in [-0.39, 0.29) is 11.8 Å². The second kappa shape index (κ2) is 7.46. The number of hydrogen-bond donors (Lipinski definition) is 0. The summed E-state index contributed by atoms with van der Waals surface area (Å²) in [5.41, 5.74) is 1.01. The van der Waals surface area contributed by atoms with E-state index in [2.05, 4.69) is 9.80 Å². The minimum atomic E-state index is -0.0593. The second-order valence-electron chi connectivity index (χ2n) is 7.71. The highest BCUT2D eigenvalue weighted by molar-refractivity contribution is 6.42. The Morgan fingerprint density at radius 3 is 2.28 bits per heavy atom. The minimum Gasteiger partial charge on any atom is -0.338 e. The van der Waals surface area contributed by atoms with Crippen molar-refractivity contribution in [1.29, 1.82) is 0 Å². The van der Waals surface area contributed by atoms with E-state index in [9.17, 15) is 4.79 Å². The van der Waals surface area contributed by atoms with Crippen molar-refractivity contribution < 1.29 is 4.79 Å². The van der Waals surface area contributed by atoms with Gasteiger partial charge in [-0.05, 0) is 62.9 Å². The predicted molar refractivity (Wildman–Crippen MR) is 102 cm³/mol. The Hall–Kier alpha value is -0.770. The maximum absolute atomic E-state index is 13.2. The average Bonchev–Trinajstić information content (AvgIpc) is 3.27. The van der Waals surface area contributed by atoms with Gasteiger partial charge in [0.1, 0.15) is 0 Å². The first-order valence-corrected chi connectivity index (χ1v) is 10.4. The minimum absolute atomic E-state index is 0.0593. The fourth-order valence-corrected chi connectivity index (χ4v) is 5.33. The molecule has 3 atom stereocenters. The number of hydrogen-bond acceptors (Lipinski definition) is 2. The van der Waals surface area contributed by atoms with Crippen LogP contribution in [0.25, 0.3) is 0 Å². The van der Waals surface area contributed by atoms with Gasteiger partial charge in [0, 0.05) is 18.6 Å². The van der Waals surface area contributed by atoms with Crippen molar-refractivity contribution >= 4 is 29.1 Å². The Bertz CT molecular complexity index is 645. The largest absolute Gasteiger partial charge is 0.338 e. The molecule has 2 aliphatic heterocycles. The molecule has 3 fully saturated rings. The lowest BCUT2D eigenvalue weighted by molar-refractivity contribution is -0.133. The Morgan fingerprint density at radius 1 is 0.840 bits per heavy atom. The van der Waals surface area contributed by atoms with Crippen LogP contribution in [0.1, 0.15) is 56.4 Å². The molecule has 1 aromatic carbocycles. The highest BCUT2D eigenvalue weighted by Crippen LogP contribution is 2.37. The van der Waals surface area contributed by atoms with Gasteiger partial charge in [-0.1, -0.05) is 42.1 Å². The summed E-state index contributed by atoms with van der Waals surface area (Å²) in [7, 11) is 0. The molecule has 25 heavy (non-hydrogen) atoms. The van der Waals surface area contributed by atoms with Crippen LogP contribution in [0.15, 0.2) is 18.2 Å². The first-order chi connectivity index (χ1) is 12.1. The molecular formula is C20H26Cl2N2O. The lowest BCUT2D eigenvalue weighted by Crippen LogP contribution is -2.53. The number of carbonyl (C=O) groups is 1. The summed E-state index contributed by atoms with van der Waals surface area (Å²) in [5, 5.41) is 1.09. The molecule has 1 aromatic rings. The Balaban J connectivity index is 1.52. The number of carbonyl (C=O) groups excluding carboxylic acids is 1. The van der Waals surface area contributed by atoms with Crippen LogP contribution in [0.2, 0.25) is 10.0 Å². The maximum Gasteiger partial charge on any atom is 0.230 e. The molecule has 136 valence electrons. The van der Waals surface area contributed by atoms with Crippen LogP contribution < -0.4 is 0 Å². The van der Waals surface area contributed by atoms with Crippen LogP contribution in [0.4, 0.5) is 0 Å². The highest BCUT2D eigenvalue weighted by Gasteiger charge is 2.42. The van der Waals surface area contributed by atoms with E-state index in [0.29, 0.717) is 22.1 Å². The van der Waals surface area contributed by atoms with Crippen LogP contribution in [0.5, 0.6) is 0 Å². The molecule has 0 unspecified atom stereocenters. The summed E-state index contributed by atoms with van der Waals surface area (Å²) >= 11 is 12.2. The quantitative estimate of drug-likeness (QED) is 0.757. The molecular weight excluding hydrogens is 355 g/mol. The summed E-state index contributed by atoms with van der Waals surface area (Å²) in [6.45, 7) is 3.29. The van der Waals surface area contributed by atoms with Gasteiger partial charge in [0.15, 0.2) is 0 Å². The monoisotopic (exact) mass is 380 g/mol. The number of rotatable bonds is 3. The lowest BCUT2D eigenvalue weighted by Gasteiger charge is -2.42. The van der Waals surface area contributed by atoms with Crippen molar-refractivity contribution in [1.82, 2.24) is 9.80 Å². The molecule has 0 N–H and O–H groups in total. The molecule has 3 aliphatic rings. The fourth-order valence-electron chi connectivity index (χ4n) is 5.02. The summed E-state index contributed by atoms with van der Waals surface area (Å²) in [5.74, 6) is 0.227. The number of benzene rings is 1. The average molecular weight is 381 g/mol. The zero-order valence-electron chi connectivity index (χ0n) is 14.6. The molecule has 0 spiro atoms. The molecule has 1 amide bonds. The van der Waals surface area contributed by atoms with E-state index >= 15 is 0 Å². The van der Waals surface area contributed by atoms with Crippen LogP contribution in [0.3, 0.4) is 0 Å². The third kappa shape index (κ3) is 3.43. The van der Waals surface area contributed by atoms with Crippen LogP contribution in [-0.2, 0) is 4.79 Å². The molecule has 3 nitrogen and oxygen atoms in total. The van der Waals surface area contributed by atoms with Gasteiger partial charge in [0.25, 0.3) is 0 Å². The highest BCUT2D eigenvalue weighted by atomic mass is 35.5. The van der Waals surface area contributed by atoms with Crippen molar-refractivity contribution in [3.8, 4) is 0 Å². The molecule has 4 rings (SSSR count). The number of amides is 1. The smallest absolute Gasteiger partial charge is 0.230 e. The summed E-state index contributed by atoms with van der Waals surface area (Å²) in [4.78, 5) is 18.0. The first kappa shape index (κ1) is 17.6. The number of nitrogens with zero attached hydrogens (tertiary/aromatic N) is 2. The van der Waals surface area contributed by atoms with Crippen molar-refractivity contribution in [2.24, 2.45) is 0 Å². The molecule has 0 bridgehead atoms. The molecule has 2 saturated heterocycles. The van der Waals surface area contributed by atoms with Gasteiger partial charge in [-0.3, -0.25) is 9.69 Å². The Kier molecular flexibility index (Phi) is 5.26. The zero-order chi connectivity index (χ0) is 17.4. The zero-order valence-corrected chi connectivity index (χ0v) is 16.1. The molecule has 1 aliphatic carbocycles. The van der Waals surface area contributed by atoms with E-state index in [1.165, 1.54) is 45.2 Å². The van der Waals surface area contributed by atoms with Gasteiger partial charge in [0.2, 0.25) is 5.91 Å². The molecule has 0 radical (unpaired) electrons. The van der Waals surface area contributed by atoms with E-state index in [1.54, 1.807) is 0 Å². The summed E-state index contributed by atoms with van der Waals surface area (Å²) in [6, 6.07) is 6.59. The second-order valence-corrected chi connectivity index (χ2v) is 8.52. The van der Waals surface area contributed by atoms with Crippen LogP contribution in [-0.4, -0.2) is 47.4 Å². The maximum atomic E-state index is 13.2. The van der Waals surface area contributed by atoms with Gasteiger partial charge < -0.3 is 4.90 Å². The molecule has 0 aromatic heterocycles. The van der Waals surface area contributed by atoms with Gasteiger partial charge >= 0.3 is 0 Å². The Morgan fingerprint density at radius 2 is 1.56 bits per heavy atom. The molecule has 2 heterocycles. The third-order valence-electron chi connectivity index (χ3n) is 6.29. The molecule has 1 saturated carbocycles. The summed E-state index contributed by atoms with van der Waals surface area (Å²) in [6.07, 6.45) is 8.45. The third-order valence-corrected chi connectivity index (χ3v) is 7.03. The predicted octanol–water partition coefficient (Wildman–Crippen LogP) is 4.72. The Labute approximate surface area is 160 Å². The van der Waals surface area contributed by atoms with Crippen molar-refractivity contribution in [2.75, 3.05) is 19.6 Å². The van der Waals surface area contributed by atoms with Crippen molar-refractivity contribution in [3.05, 3.63) is 33.8 Å². The van der Waals surface area contributed by atoms with Crippen LogP contribution >= 0.6 is 23.2 Å². The topological polar surface area (TPSA) is 23.6 Å². The SMILES string of the molecule is O=C1[C@@H](c2ccc(Cl)c(Cl)c2)CCN1[C@@H]1CCCC[C@H]1N1CCCC1. The number of likely N-dealkylation sites (tertiary alicyclic amines) is 2. The standard InChI is InChI=1S/C20H26Cl2N2O/c21-16-8-7-14(13-17(16)22)15-9-12-24(20(15)25)19-6-2-1-5-18(19)23-10-3-4-11-23/h7-8,13,15,18-19H,1-6,9-12H2/t15-,18-,19-/m1/s1. The first-order valence-electron chi connectivity index (χ1n) is 9.64. The van der Waals surface area contributed by atoms with E-state index in [1.807, 2.05) is 18.2 Å². The van der Waals surface area contributed by atoms with Crippen molar-refractivity contribution in [3.63, 3.8) is 0 Å². The normalized spacial score (nSPS) is 31.0. The lowest BCUT2D eigenvalue weighted by atomic mass is 9.88. The summed E-state index contributed by atoms with van der Waals surface area (Å²) < 4.78 is 0.